The molecule has 1 aromatic rings. The minimum absolute atomic E-state index is 0.658. The van der Waals surface area contributed by atoms with E-state index in [4.69, 9.17) is 5.41 Å². The lowest BCUT2D eigenvalue weighted by molar-refractivity contribution is 1.23. The quantitative estimate of drug-likeness (QED) is 0.374. The highest BCUT2D eigenvalue weighted by Crippen LogP contribution is 2.06. The molecule has 4 heteroatoms. The van der Waals surface area contributed by atoms with Crippen LogP contribution in [0, 0.1) is 5.41 Å². The van der Waals surface area contributed by atoms with Crippen molar-refractivity contribution < 1.29 is 0 Å². The predicted octanol–water partition coefficient (Wildman–Crippen LogP) is 1.77. The monoisotopic (exact) mass is 134 g/mol. The lowest BCUT2D eigenvalue weighted by Crippen LogP contribution is -1.66. The van der Waals surface area contributed by atoms with Gasteiger partial charge in [-0.1, -0.05) is 0 Å². The van der Waals surface area contributed by atoms with Crippen LogP contribution in [0.5, 0.6) is 0 Å². The van der Waals surface area contributed by atoms with E-state index in [2.05, 4.69) is 15.2 Å². The summed E-state index contributed by atoms with van der Waals surface area (Å²) in [5, 5.41) is 13.6. The van der Waals surface area contributed by atoms with Crippen molar-refractivity contribution in [3.63, 3.8) is 0 Å². The largest absolute Gasteiger partial charge is 0.288 e. The molecule has 0 amide bonds. The third-order valence-corrected chi connectivity index (χ3v) is 0.877. The summed E-state index contributed by atoms with van der Waals surface area (Å²) in [5.74, 6) is 0. The minimum atomic E-state index is 0.658. The first-order valence-electron chi connectivity index (χ1n) is 2.73. The van der Waals surface area contributed by atoms with Gasteiger partial charge >= 0.3 is 0 Å². The van der Waals surface area contributed by atoms with Crippen molar-refractivity contribution in [2.24, 2.45) is 10.2 Å². The van der Waals surface area contributed by atoms with Gasteiger partial charge in [-0.25, -0.2) is 0 Å². The summed E-state index contributed by atoms with van der Waals surface area (Å²) in [6.45, 7) is 0. The topological polar surface area (TPSA) is 61.5 Å². The van der Waals surface area contributed by atoms with E-state index in [1.165, 1.54) is 0 Å². The number of hydrogen-bond donors (Lipinski definition) is 1. The normalized spacial score (nSPS) is 10.0. The molecule has 0 unspecified atom stereocenters. The third-order valence-electron chi connectivity index (χ3n) is 0.877. The highest BCUT2D eigenvalue weighted by atomic mass is 15.1. The molecule has 0 aliphatic carbocycles. The molecule has 0 saturated carbocycles. The lowest BCUT2D eigenvalue weighted by Gasteiger charge is -1.84. The number of pyridine rings is 1. The first-order chi connectivity index (χ1) is 4.93. The summed E-state index contributed by atoms with van der Waals surface area (Å²) < 4.78 is 0. The average molecular weight is 134 g/mol. The van der Waals surface area contributed by atoms with Crippen LogP contribution in [0.25, 0.3) is 0 Å². The van der Waals surface area contributed by atoms with Crippen molar-refractivity contribution in [2.45, 2.75) is 0 Å². The van der Waals surface area contributed by atoms with E-state index in [-0.39, 0.29) is 0 Å². The number of hydrogen-bond acceptors (Lipinski definition) is 3. The fourth-order valence-corrected chi connectivity index (χ4v) is 0.508. The highest BCUT2D eigenvalue weighted by Gasteiger charge is 1.82. The Kier molecular flexibility index (Phi) is 2.25. The van der Waals surface area contributed by atoms with Gasteiger partial charge < -0.3 is 0 Å². The molecule has 1 N–H and O–H groups in total. The minimum Gasteiger partial charge on any atom is -0.288 e. The van der Waals surface area contributed by atoms with Crippen molar-refractivity contribution in [3.05, 3.63) is 24.5 Å². The molecule has 1 heterocycles. The van der Waals surface area contributed by atoms with E-state index in [1.54, 1.807) is 24.5 Å². The maximum absolute atomic E-state index is 6.55. The maximum Gasteiger partial charge on any atom is 0.129 e. The number of azo groups is 1. The summed E-state index contributed by atoms with van der Waals surface area (Å²) in [6, 6.07) is 3.53. The van der Waals surface area contributed by atoms with Gasteiger partial charge in [-0.15, -0.1) is 10.2 Å². The van der Waals surface area contributed by atoms with Gasteiger partial charge in [-0.2, -0.15) is 0 Å². The molecule has 50 valence electrons. The Morgan fingerprint density at radius 2 is 2.50 bits per heavy atom. The van der Waals surface area contributed by atoms with Gasteiger partial charge in [0.25, 0.3) is 0 Å². The van der Waals surface area contributed by atoms with Gasteiger partial charge in [-0.05, 0) is 12.1 Å². The van der Waals surface area contributed by atoms with Crippen LogP contribution in [0.15, 0.2) is 34.8 Å². The van der Waals surface area contributed by atoms with Gasteiger partial charge in [0, 0.05) is 6.20 Å². The van der Waals surface area contributed by atoms with E-state index in [1.807, 2.05) is 0 Å². The first kappa shape index (κ1) is 6.54. The smallest absolute Gasteiger partial charge is 0.129 e. The van der Waals surface area contributed by atoms with E-state index in [0.717, 1.165) is 6.34 Å². The fraction of sp³-hybridized carbons (Fsp3) is 0. The van der Waals surface area contributed by atoms with E-state index in [9.17, 15) is 0 Å². The Morgan fingerprint density at radius 3 is 3.10 bits per heavy atom. The summed E-state index contributed by atoms with van der Waals surface area (Å²) >= 11 is 0. The fourth-order valence-electron chi connectivity index (χ4n) is 0.508. The Balaban J connectivity index is 2.76. The average Bonchev–Trinajstić information content (AvgIpc) is 2.03. The Hall–Kier alpha value is -1.58. The van der Waals surface area contributed by atoms with Crippen molar-refractivity contribution in [3.8, 4) is 0 Å². The van der Waals surface area contributed by atoms with Gasteiger partial charge in [0.05, 0.1) is 6.20 Å². The van der Waals surface area contributed by atoms with Crippen LogP contribution >= 0.6 is 0 Å². The second-order valence-electron chi connectivity index (χ2n) is 1.56. The van der Waals surface area contributed by atoms with Crippen LogP contribution in [0.4, 0.5) is 5.69 Å². The Morgan fingerprint density at radius 1 is 1.60 bits per heavy atom. The van der Waals surface area contributed by atoms with Crippen LogP contribution in [-0.4, -0.2) is 11.3 Å². The van der Waals surface area contributed by atoms with Crippen LogP contribution in [0.1, 0.15) is 0 Å². The van der Waals surface area contributed by atoms with Gasteiger partial charge in [-0.3, -0.25) is 10.4 Å². The molecule has 0 bridgehead atoms. The number of rotatable bonds is 2. The zero-order valence-electron chi connectivity index (χ0n) is 5.23. The summed E-state index contributed by atoms with van der Waals surface area (Å²) in [4.78, 5) is 3.81. The van der Waals surface area contributed by atoms with E-state index in [0.29, 0.717) is 5.69 Å². The Bertz CT molecular complexity index is 229. The Labute approximate surface area is 58.1 Å². The molecule has 10 heavy (non-hydrogen) atoms. The molecule has 0 atom stereocenters. The predicted molar refractivity (Wildman–Crippen MR) is 37.5 cm³/mol. The van der Waals surface area contributed by atoms with Crippen LogP contribution < -0.4 is 0 Å². The van der Waals surface area contributed by atoms with Gasteiger partial charge in [0.1, 0.15) is 12.0 Å². The number of nitrogens with one attached hydrogen (secondary N) is 1. The standard InChI is InChI=1S/C6H6N4/c7-5-9-10-6-2-1-3-8-4-6/h1-5,7H. The molecule has 0 aromatic carbocycles. The van der Waals surface area contributed by atoms with Crippen molar-refractivity contribution in [1.82, 2.24) is 4.98 Å². The molecular formula is C6H6N4. The van der Waals surface area contributed by atoms with Gasteiger partial charge in [0.2, 0.25) is 0 Å². The van der Waals surface area contributed by atoms with Crippen LogP contribution in [0.3, 0.4) is 0 Å². The van der Waals surface area contributed by atoms with E-state index < -0.39 is 0 Å². The van der Waals surface area contributed by atoms with Crippen LogP contribution in [-0.2, 0) is 0 Å². The summed E-state index contributed by atoms with van der Waals surface area (Å²) in [5.41, 5.74) is 0.658. The van der Waals surface area contributed by atoms with E-state index >= 15 is 0 Å². The molecule has 1 rings (SSSR count). The molecule has 0 aliphatic rings. The maximum atomic E-state index is 6.55. The summed E-state index contributed by atoms with van der Waals surface area (Å²) in [7, 11) is 0. The third kappa shape index (κ3) is 1.74. The summed E-state index contributed by atoms with van der Waals surface area (Å²) in [6.07, 6.45) is 4.11. The molecule has 1 aromatic heterocycles. The molecular weight excluding hydrogens is 128 g/mol. The first-order valence-corrected chi connectivity index (χ1v) is 2.73. The zero-order chi connectivity index (χ0) is 7.23. The molecule has 4 nitrogen and oxygen atoms in total. The molecule has 0 aliphatic heterocycles. The molecule has 0 radical (unpaired) electrons. The lowest BCUT2D eigenvalue weighted by atomic mass is 10.4. The number of nitrogens with zero attached hydrogens (tertiary/aromatic N) is 3. The SMILES string of the molecule is N=CN=Nc1cccnc1. The highest BCUT2D eigenvalue weighted by molar-refractivity contribution is 5.50. The van der Waals surface area contributed by atoms with Crippen molar-refractivity contribution in [1.29, 1.82) is 5.41 Å². The molecule has 0 spiro atoms. The van der Waals surface area contributed by atoms with Crippen molar-refractivity contribution in [2.75, 3.05) is 0 Å². The molecule has 0 fully saturated rings. The second-order valence-corrected chi connectivity index (χ2v) is 1.56. The van der Waals surface area contributed by atoms with Crippen molar-refractivity contribution >= 4 is 12.0 Å². The molecule has 0 saturated heterocycles. The van der Waals surface area contributed by atoms with Gasteiger partial charge in [0.15, 0.2) is 0 Å². The van der Waals surface area contributed by atoms with Crippen LogP contribution in [0.2, 0.25) is 0 Å². The number of aromatic nitrogens is 1. The zero-order valence-corrected chi connectivity index (χ0v) is 5.23. The second kappa shape index (κ2) is 3.45.